The first kappa shape index (κ1) is 17.8. The van der Waals surface area contributed by atoms with Gasteiger partial charge in [-0.2, -0.15) is 0 Å². The first-order valence-corrected chi connectivity index (χ1v) is 7.91. The number of allylic oxidation sites excluding steroid dienone is 1. The number of carboxylic acid groups (broad SMARTS) is 1. The maximum atomic E-state index is 11.9. The average Bonchev–Trinajstić information content (AvgIpc) is 2.61. The van der Waals surface area contributed by atoms with Gasteiger partial charge in [-0.15, -0.1) is 0 Å². The van der Waals surface area contributed by atoms with Crippen LogP contribution in [0.1, 0.15) is 30.9 Å². The Bertz CT molecular complexity index is 687. The standard InChI is InChI=1S/C20H22O4/c1-3-7-18(15-8-5-4-6-9-15)19(20(21)22)16-10-12-17(13-11-16)24-14-23-2/h4-6,8-13H,3,7,14H2,1-2H3,(H,21,22)/b19-18+. The lowest BCUT2D eigenvalue weighted by Gasteiger charge is -2.13. The van der Waals surface area contributed by atoms with Crippen LogP contribution in [0.25, 0.3) is 11.1 Å². The van der Waals surface area contributed by atoms with Crippen molar-refractivity contribution in [2.45, 2.75) is 19.8 Å². The largest absolute Gasteiger partial charge is 0.478 e. The molecule has 0 atom stereocenters. The molecule has 2 aromatic rings. The maximum absolute atomic E-state index is 11.9. The Hall–Kier alpha value is -2.59. The minimum absolute atomic E-state index is 0.159. The summed E-state index contributed by atoms with van der Waals surface area (Å²) in [5.41, 5.74) is 2.79. The van der Waals surface area contributed by atoms with Crippen LogP contribution in [0, 0.1) is 0 Å². The van der Waals surface area contributed by atoms with Gasteiger partial charge >= 0.3 is 5.97 Å². The van der Waals surface area contributed by atoms with Crippen LogP contribution in [0.3, 0.4) is 0 Å². The SMILES string of the molecule is CCC/C(=C(\C(=O)O)c1ccc(OCOC)cc1)c1ccccc1. The van der Waals surface area contributed by atoms with Crippen LogP contribution >= 0.6 is 0 Å². The molecule has 0 aliphatic rings. The third-order valence-corrected chi connectivity index (χ3v) is 3.62. The summed E-state index contributed by atoms with van der Waals surface area (Å²) in [5, 5.41) is 9.79. The molecule has 0 heterocycles. The van der Waals surface area contributed by atoms with Crippen LogP contribution in [-0.4, -0.2) is 25.0 Å². The zero-order valence-electron chi connectivity index (χ0n) is 14.0. The van der Waals surface area contributed by atoms with E-state index in [9.17, 15) is 9.90 Å². The molecule has 0 aliphatic carbocycles. The predicted octanol–water partition coefficient (Wildman–Crippen LogP) is 4.46. The van der Waals surface area contributed by atoms with Crippen LogP contribution < -0.4 is 4.74 Å². The van der Waals surface area contributed by atoms with Gasteiger partial charge in [-0.05, 0) is 35.3 Å². The second-order valence-electron chi connectivity index (χ2n) is 5.35. The van der Waals surface area contributed by atoms with E-state index in [-0.39, 0.29) is 6.79 Å². The van der Waals surface area contributed by atoms with E-state index in [4.69, 9.17) is 9.47 Å². The van der Waals surface area contributed by atoms with Crippen molar-refractivity contribution in [1.82, 2.24) is 0 Å². The Morgan fingerprint density at radius 3 is 2.21 bits per heavy atom. The van der Waals surface area contributed by atoms with Gasteiger partial charge < -0.3 is 14.6 Å². The number of hydrogen-bond donors (Lipinski definition) is 1. The van der Waals surface area contributed by atoms with Crippen molar-refractivity contribution in [3.63, 3.8) is 0 Å². The van der Waals surface area contributed by atoms with Crippen LogP contribution in [-0.2, 0) is 9.53 Å². The monoisotopic (exact) mass is 326 g/mol. The van der Waals surface area contributed by atoms with Gasteiger partial charge in [-0.1, -0.05) is 55.8 Å². The minimum atomic E-state index is -0.923. The van der Waals surface area contributed by atoms with Crippen molar-refractivity contribution in [3.8, 4) is 5.75 Å². The smallest absolute Gasteiger partial charge is 0.336 e. The molecular formula is C20H22O4. The van der Waals surface area contributed by atoms with E-state index in [1.54, 1.807) is 31.4 Å². The number of benzene rings is 2. The van der Waals surface area contributed by atoms with E-state index in [2.05, 4.69) is 0 Å². The quantitative estimate of drug-likeness (QED) is 0.442. The third kappa shape index (κ3) is 4.46. The molecule has 0 spiro atoms. The summed E-state index contributed by atoms with van der Waals surface area (Å²) in [5.74, 6) is -0.282. The fourth-order valence-electron chi connectivity index (χ4n) is 2.57. The lowest BCUT2D eigenvalue weighted by Crippen LogP contribution is -2.04. The molecule has 2 aromatic carbocycles. The second-order valence-corrected chi connectivity index (χ2v) is 5.35. The van der Waals surface area contributed by atoms with Crippen LogP contribution in [0.4, 0.5) is 0 Å². The highest BCUT2D eigenvalue weighted by atomic mass is 16.7. The molecule has 0 aliphatic heterocycles. The molecule has 0 saturated heterocycles. The minimum Gasteiger partial charge on any atom is -0.478 e. The van der Waals surface area contributed by atoms with Gasteiger partial charge in [0.2, 0.25) is 0 Å². The third-order valence-electron chi connectivity index (χ3n) is 3.62. The molecule has 4 heteroatoms. The van der Waals surface area contributed by atoms with Gasteiger partial charge in [0.25, 0.3) is 0 Å². The van der Waals surface area contributed by atoms with Crippen LogP contribution in [0.5, 0.6) is 5.75 Å². The Morgan fingerprint density at radius 1 is 1.00 bits per heavy atom. The molecule has 0 unspecified atom stereocenters. The molecule has 24 heavy (non-hydrogen) atoms. The highest BCUT2D eigenvalue weighted by Gasteiger charge is 2.17. The summed E-state index contributed by atoms with van der Waals surface area (Å²) in [7, 11) is 1.55. The molecule has 0 aromatic heterocycles. The topological polar surface area (TPSA) is 55.8 Å². The fourth-order valence-corrected chi connectivity index (χ4v) is 2.57. The number of rotatable bonds is 8. The van der Waals surface area contributed by atoms with Crippen molar-refractivity contribution in [1.29, 1.82) is 0 Å². The van der Waals surface area contributed by atoms with Crippen LogP contribution in [0.2, 0.25) is 0 Å². The number of ether oxygens (including phenoxy) is 2. The zero-order valence-corrected chi connectivity index (χ0v) is 14.0. The first-order chi connectivity index (χ1) is 11.7. The number of aliphatic carboxylic acids is 1. The highest BCUT2D eigenvalue weighted by molar-refractivity contribution is 6.23. The lowest BCUT2D eigenvalue weighted by molar-refractivity contribution is -0.130. The van der Waals surface area contributed by atoms with E-state index in [1.165, 1.54) is 0 Å². The Balaban J connectivity index is 2.47. The average molecular weight is 326 g/mol. The zero-order chi connectivity index (χ0) is 17.4. The molecule has 0 radical (unpaired) electrons. The van der Waals surface area contributed by atoms with Crippen molar-refractivity contribution < 1.29 is 19.4 Å². The molecule has 4 nitrogen and oxygen atoms in total. The first-order valence-electron chi connectivity index (χ1n) is 7.91. The van der Waals surface area contributed by atoms with E-state index in [1.807, 2.05) is 37.3 Å². The summed E-state index contributed by atoms with van der Waals surface area (Å²) in [6, 6.07) is 16.7. The van der Waals surface area contributed by atoms with E-state index in [0.29, 0.717) is 23.3 Å². The highest BCUT2D eigenvalue weighted by Crippen LogP contribution is 2.31. The number of carbonyl (C=O) groups is 1. The summed E-state index contributed by atoms with van der Waals surface area (Å²) in [6.45, 7) is 2.20. The van der Waals surface area contributed by atoms with Crippen molar-refractivity contribution >= 4 is 17.1 Å². The Kier molecular flexibility index (Phi) is 6.58. The second kappa shape index (κ2) is 8.89. The van der Waals surface area contributed by atoms with E-state index in [0.717, 1.165) is 17.6 Å². The normalized spacial score (nSPS) is 11.8. The van der Waals surface area contributed by atoms with Crippen molar-refractivity contribution in [2.75, 3.05) is 13.9 Å². The number of carboxylic acids is 1. The molecule has 1 N–H and O–H groups in total. The van der Waals surface area contributed by atoms with Gasteiger partial charge in [0.05, 0.1) is 5.57 Å². The summed E-state index contributed by atoms with van der Waals surface area (Å²) in [4.78, 5) is 11.9. The molecular weight excluding hydrogens is 304 g/mol. The molecule has 0 saturated carbocycles. The molecule has 0 bridgehead atoms. The summed E-state index contributed by atoms with van der Waals surface area (Å²) < 4.78 is 10.2. The predicted molar refractivity (Wildman–Crippen MR) is 94.7 cm³/mol. The van der Waals surface area contributed by atoms with E-state index >= 15 is 0 Å². The Labute approximate surface area is 142 Å². The van der Waals surface area contributed by atoms with Gasteiger partial charge in [0.1, 0.15) is 5.75 Å². The van der Waals surface area contributed by atoms with Gasteiger partial charge in [-0.25, -0.2) is 4.79 Å². The van der Waals surface area contributed by atoms with Gasteiger partial charge in [0, 0.05) is 7.11 Å². The lowest BCUT2D eigenvalue weighted by atomic mass is 9.91. The van der Waals surface area contributed by atoms with Crippen LogP contribution in [0.15, 0.2) is 54.6 Å². The van der Waals surface area contributed by atoms with Gasteiger partial charge in [0.15, 0.2) is 6.79 Å². The van der Waals surface area contributed by atoms with Crippen molar-refractivity contribution in [3.05, 3.63) is 65.7 Å². The molecule has 0 amide bonds. The Morgan fingerprint density at radius 2 is 1.67 bits per heavy atom. The summed E-state index contributed by atoms with van der Waals surface area (Å²) >= 11 is 0. The summed E-state index contributed by atoms with van der Waals surface area (Å²) in [6.07, 6.45) is 1.57. The molecule has 126 valence electrons. The number of hydrogen-bond acceptors (Lipinski definition) is 3. The van der Waals surface area contributed by atoms with E-state index < -0.39 is 5.97 Å². The van der Waals surface area contributed by atoms with Crippen molar-refractivity contribution in [2.24, 2.45) is 0 Å². The van der Waals surface area contributed by atoms with Gasteiger partial charge in [-0.3, -0.25) is 0 Å². The maximum Gasteiger partial charge on any atom is 0.336 e. The molecule has 2 rings (SSSR count). The number of methoxy groups -OCH3 is 1. The fraction of sp³-hybridized carbons (Fsp3) is 0.250. The molecule has 0 fully saturated rings.